The van der Waals surface area contributed by atoms with Gasteiger partial charge in [0.1, 0.15) is 5.82 Å². The fourth-order valence-corrected chi connectivity index (χ4v) is 4.29. The van der Waals surface area contributed by atoms with Crippen LogP contribution in [-0.2, 0) is 6.54 Å². The van der Waals surface area contributed by atoms with Gasteiger partial charge in [0, 0.05) is 51.0 Å². The van der Waals surface area contributed by atoms with E-state index in [4.69, 9.17) is 0 Å². The summed E-state index contributed by atoms with van der Waals surface area (Å²) < 4.78 is 13.1. The molecule has 2 aromatic rings. The Morgan fingerprint density at radius 1 is 1.00 bits per heavy atom. The smallest absolute Gasteiger partial charge is 0.315 e. The lowest BCUT2D eigenvalue weighted by Gasteiger charge is -2.19. The summed E-state index contributed by atoms with van der Waals surface area (Å²) in [6.45, 7) is 5.34. The van der Waals surface area contributed by atoms with Crippen molar-refractivity contribution in [3.05, 3.63) is 66.0 Å². The molecule has 0 radical (unpaired) electrons. The third-order valence-corrected chi connectivity index (χ3v) is 5.89. The van der Waals surface area contributed by atoms with Gasteiger partial charge in [-0.25, -0.2) is 9.18 Å². The summed E-state index contributed by atoms with van der Waals surface area (Å²) in [6, 6.07) is 17.2. The summed E-state index contributed by atoms with van der Waals surface area (Å²) in [7, 11) is 0. The van der Waals surface area contributed by atoms with Crippen molar-refractivity contribution >= 4 is 11.7 Å². The van der Waals surface area contributed by atoms with Gasteiger partial charge in [0.25, 0.3) is 0 Å². The van der Waals surface area contributed by atoms with Crippen LogP contribution in [0.4, 0.5) is 14.9 Å². The van der Waals surface area contributed by atoms with Crippen LogP contribution in [0.5, 0.6) is 0 Å². The van der Waals surface area contributed by atoms with Crippen molar-refractivity contribution in [1.29, 1.82) is 0 Å². The number of hydrogen-bond donors (Lipinski definition) is 2. The summed E-state index contributed by atoms with van der Waals surface area (Å²) in [4.78, 5) is 17.0. The third-order valence-electron chi connectivity index (χ3n) is 5.89. The molecule has 154 valence electrons. The highest BCUT2D eigenvalue weighted by Crippen LogP contribution is 2.23. The Labute approximate surface area is 171 Å². The number of benzene rings is 2. The lowest BCUT2D eigenvalue weighted by molar-refractivity contribution is 0.234. The first-order valence-electron chi connectivity index (χ1n) is 10.5. The molecule has 2 atom stereocenters. The molecule has 2 aliphatic rings. The highest BCUT2D eigenvalue weighted by Gasteiger charge is 2.26. The number of hydrogen-bond acceptors (Lipinski definition) is 3. The minimum Gasteiger partial charge on any atom is -0.371 e. The number of nitrogens with zero attached hydrogens (tertiary/aromatic N) is 2. The normalized spacial score (nSPS) is 22.0. The van der Waals surface area contributed by atoms with Crippen LogP contribution in [0.25, 0.3) is 0 Å². The molecule has 2 aliphatic heterocycles. The zero-order chi connectivity index (χ0) is 20.1. The fraction of sp³-hybridized carbons (Fsp3) is 0.435. The Bertz CT molecular complexity index is 798. The van der Waals surface area contributed by atoms with Crippen LogP contribution in [0, 0.1) is 11.7 Å². The van der Waals surface area contributed by atoms with Gasteiger partial charge >= 0.3 is 6.03 Å². The lowest BCUT2D eigenvalue weighted by Crippen LogP contribution is -2.44. The van der Waals surface area contributed by atoms with E-state index in [1.54, 1.807) is 0 Å². The molecule has 2 N–H and O–H groups in total. The predicted molar refractivity (Wildman–Crippen MR) is 113 cm³/mol. The first-order chi connectivity index (χ1) is 14.2. The van der Waals surface area contributed by atoms with E-state index in [1.165, 1.54) is 17.7 Å². The van der Waals surface area contributed by atoms with Gasteiger partial charge < -0.3 is 15.5 Å². The Balaban J connectivity index is 1.16. The zero-order valence-electron chi connectivity index (χ0n) is 16.7. The van der Waals surface area contributed by atoms with Crippen LogP contribution in [-0.4, -0.2) is 49.7 Å². The second-order valence-electron chi connectivity index (χ2n) is 8.14. The van der Waals surface area contributed by atoms with Crippen LogP contribution in [0.1, 0.15) is 18.4 Å². The molecule has 2 heterocycles. The molecule has 0 saturated carbocycles. The van der Waals surface area contributed by atoms with Crippen molar-refractivity contribution in [2.75, 3.05) is 37.6 Å². The van der Waals surface area contributed by atoms with Crippen molar-refractivity contribution < 1.29 is 9.18 Å². The van der Waals surface area contributed by atoms with Gasteiger partial charge in [-0.15, -0.1) is 0 Å². The molecule has 0 aromatic heterocycles. The van der Waals surface area contributed by atoms with Gasteiger partial charge in [0.05, 0.1) is 0 Å². The average Bonchev–Trinajstić information content (AvgIpc) is 3.37. The molecular formula is C23H29FN4O. The largest absolute Gasteiger partial charge is 0.371 e. The van der Waals surface area contributed by atoms with Crippen molar-refractivity contribution in [1.82, 2.24) is 15.5 Å². The molecule has 0 bridgehead atoms. The molecule has 2 fully saturated rings. The first-order valence-corrected chi connectivity index (χ1v) is 10.5. The molecule has 2 saturated heterocycles. The average molecular weight is 397 g/mol. The van der Waals surface area contributed by atoms with E-state index in [-0.39, 0.29) is 17.9 Å². The summed E-state index contributed by atoms with van der Waals surface area (Å²) in [5.41, 5.74) is 2.35. The van der Waals surface area contributed by atoms with Crippen LogP contribution in [0.2, 0.25) is 0 Å². The van der Waals surface area contributed by atoms with E-state index in [2.05, 4.69) is 44.7 Å². The quantitative estimate of drug-likeness (QED) is 0.788. The van der Waals surface area contributed by atoms with Crippen molar-refractivity contribution in [3.63, 3.8) is 0 Å². The first kappa shape index (κ1) is 19.7. The van der Waals surface area contributed by atoms with E-state index in [0.717, 1.165) is 51.3 Å². The molecule has 2 amide bonds. The van der Waals surface area contributed by atoms with E-state index < -0.39 is 0 Å². The highest BCUT2D eigenvalue weighted by atomic mass is 19.1. The van der Waals surface area contributed by atoms with Crippen LogP contribution in [0.15, 0.2) is 54.6 Å². The van der Waals surface area contributed by atoms with Gasteiger partial charge in [-0.1, -0.05) is 30.3 Å². The maximum Gasteiger partial charge on any atom is 0.315 e. The number of amides is 2. The number of carbonyl (C=O) groups excluding carboxylic acids is 1. The Hall–Kier alpha value is -2.60. The number of rotatable bonds is 6. The Morgan fingerprint density at radius 3 is 2.59 bits per heavy atom. The molecular weight excluding hydrogens is 367 g/mol. The summed E-state index contributed by atoms with van der Waals surface area (Å²) in [6.07, 6.45) is 2.02. The summed E-state index contributed by atoms with van der Waals surface area (Å²) in [5, 5.41) is 6.16. The topological polar surface area (TPSA) is 47.6 Å². The lowest BCUT2D eigenvalue weighted by atomic mass is 10.1. The molecule has 5 nitrogen and oxygen atoms in total. The summed E-state index contributed by atoms with van der Waals surface area (Å²) >= 11 is 0. The van der Waals surface area contributed by atoms with Crippen LogP contribution in [0.3, 0.4) is 0 Å². The molecule has 0 spiro atoms. The van der Waals surface area contributed by atoms with Crippen molar-refractivity contribution in [3.8, 4) is 0 Å². The number of carbonyl (C=O) groups is 1. The number of anilines is 1. The molecule has 2 aromatic carbocycles. The van der Waals surface area contributed by atoms with Gasteiger partial charge in [-0.3, -0.25) is 4.90 Å². The predicted octanol–water partition coefficient (Wildman–Crippen LogP) is 3.23. The highest BCUT2D eigenvalue weighted by molar-refractivity contribution is 5.74. The second-order valence-corrected chi connectivity index (χ2v) is 8.14. The molecule has 6 heteroatoms. The molecule has 4 rings (SSSR count). The van der Waals surface area contributed by atoms with E-state index in [9.17, 15) is 9.18 Å². The molecule has 29 heavy (non-hydrogen) atoms. The number of halogens is 1. The Kier molecular flexibility index (Phi) is 6.30. The monoisotopic (exact) mass is 396 g/mol. The van der Waals surface area contributed by atoms with E-state index in [1.807, 2.05) is 18.2 Å². The maximum absolute atomic E-state index is 13.1. The number of likely N-dealkylation sites (tertiary alicyclic amines) is 1. The minimum absolute atomic E-state index is 0.0724. The van der Waals surface area contributed by atoms with Crippen molar-refractivity contribution in [2.24, 2.45) is 5.92 Å². The molecule has 0 unspecified atom stereocenters. The maximum atomic E-state index is 13.1. The number of nitrogens with one attached hydrogen (secondary N) is 2. The SMILES string of the molecule is O=C(NC[C@H]1CCN(c2ccc(F)cc2)C1)N[C@@H]1CCN(Cc2ccccc2)C1. The van der Waals surface area contributed by atoms with Crippen LogP contribution < -0.4 is 15.5 Å². The van der Waals surface area contributed by atoms with Gasteiger partial charge in [-0.05, 0) is 48.6 Å². The third kappa shape index (κ3) is 5.48. The van der Waals surface area contributed by atoms with E-state index in [0.29, 0.717) is 12.5 Å². The summed E-state index contributed by atoms with van der Waals surface area (Å²) in [5.74, 6) is 0.209. The van der Waals surface area contributed by atoms with Gasteiger partial charge in [0.15, 0.2) is 0 Å². The van der Waals surface area contributed by atoms with E-state index >= 15 is 0 Å². The standard InChI is InChI=1S/C23H29FN4O/c24-20-6-8-22(9-7-20)28-13-10-19(16-28)14-25-23(29)26-21-11-12-27(17-21)15-18-4-2-1-3-5-18/h1-9,19,21H,10-17H2,(H2,25,26,29)/t19-,21-/m1/s1. The zero-order valence-corrected chi connectivity index (χ0v) is 16.7. The second kappa shape index (κ2) is 9.27. The van der Waals surface area contributed by atoms with Crippen molar-refractivity contribution in [2.45, 2.75) is 25.4 Å². The van der Waals surface area contributed by atoms with Gasteiger partial charge in [-0.2, -0.15) is 0 Å². The molecule has 0 aliphatic carbocycles. The minimum atomic E-state index is -0.211. The van der Waals surface area contributed by atoms with Gasteiger partial charge in [0.2, 0.25) is 0 Å². The number of urea groups is 1. The van der Waals surface area contributed by atoms with Crippen LogP contribution >= 0.6 is 0 Å². The Morgan fingerprint density at radius 2 is 1.79 bits per heavy atom. The fourth-order valence-electron chi connectivity index (χ4n) is 4.29.